The van der Waals surface area contributed by atoms with Gasteiger partial charge in [-0.05, 0) is 68.6 Å². The van der Waals surface area contributed by atoms with Gasteiger partial charge in [-0.3, -0.25) is 4.90 Å². The third kappa shape index (κ3) is 4.18. The molecule has 2 aliphatic heterocycles. The molecule has 4 heteroatoms. The molecule has 2 aromatic rings. The van der Waals surface area contributed by atoms with Gasteiger partial charge < -0.3 is 10.2 Å². The fourth-order valence-corrected chi connectivity index (χ4v) is 4.37. The van der Waals surface area contributed by atoms with Crippen LogP contribution in [0.4, 0.5) is 15.8 Å². The predicted octanol–water partition coefficient (Wildman–Crippen LogP) is 4.37. The molecular formula is C22H28FN3. The molecule has 2 aromatic carbocycles. The highest BCUT2D eigenvalue weighted by Gasteiger charge is 2.28. The van der Waals surface area contributed by atoms with Crippen molar-refractivity contribution in [1.82, 2.24) is 4.90 Å². The lowest BCUT2D eigenvalue weighted by Crippen LogP contribution is -2.51. The number of halogens is 1. The normalized spacial score (nSPS) is 22.3. The second kappa shape index (κ2) is 8.09. The topological polar surface area (TPSA) is 18.5 Å². The third-order valence-corrected chi connectivity index (χ3v) is 5.77. The van der Waals surface area contributed by atoms with Crippen molar-refractivity contribution < 1.29 is 4.39 Å². The highest BCUT2D eigenvalue weighted by Crippen LogP contribution is 2.25. The lowest BCUT2D eigenvalue weighted by Gasteiger charge is -2.43. The van der Waals surface area contributed by atoms with Crippen molar-refractivity contribution in [2.24, 2.45) is 0 Å². The Labute approximate surface area is 155 Å². The van der Waals surface area contributed by atoms with E-state index in [2.05, 4.69) is 45.4 Å². The summed E-state index contributed by atoms with van der Waals surface area (Å²) in [5, 5.41) is 3.70. The molecule has 0 aliphatic carbocycles. The summed E-state index contributed by atoms with van der Waals surface area (Å²) >= 11 is 0. The quantitative estimate of drug-likeness (QED) is 0.880. The number of rotatable bonds is 4. The van der Waals surface area contributed by atoms with Crippen molar-refractivity contribution in [3.8, 4) is 0 Å². The Bertz CT molecular complexity index is 680. The SMILES string of the molecule is Fc1ccc(N2CCC(N3CCC[C@@H](Nc4ccccc4)C3)CC2)cc1. The number of hydrogen-bond acceptors (Lipinski definition) is 3. The summed E-state index contributed by atoms with van der Waals surface area (Å²) in [5.41, 5.74) is 2.37. The highest BCUT2D eigenvalue weighted by atomic mass is 19.1. The number of benzene rings is 2. The second-order valence-electron chi connectivity index (χ2n) is 7.54. The molecule has 3 nitrogen and oxygen atoms in total. The molecule has 2 heterocycles. The van der Waals surface area contributed by atoms with Crippen LogP contribution in [0.25, 0.3) is 0 Å². The summed E-state index contributed by atoms with van der Waals surface area (Å²) in [6.45, 7) is 4.47. The number of anilines is 2. The zero-order valence-corrected chi connectivity index (χ0v) is 15.3. The van der Waals surface area contributed by atoms with Gasteiger partial charge in [0.2, 0.25) is 0 Å². The molecule has 4 rings (SSSR count). The zero-order valence-electron chi connectivity index (χ0n) is 15.3. The standard InChI is InChI=1S/C22H28FN3/c23-18-8-10-21(11-9-18)25-15-12-22(13-16-25)26-14-4-7-20(17-26)24-19-5-2-1-3-6-19/h1-3,5-6,8-11,20,22,24H,4,7,12-17H2/t20-/m1/s1. The minimum absolute atomic E-state index is 0.158. The number of likely N-dealkylation sites (tertiary alicyclic amines) is 1. The highest BCUT2D eigenvalue weighted by molar-refractivity contribution is 5.46. The van der Waals surface area contributed by atoms with E-state index in [-0.39, 0.29) is 5.82 Å². The lowest BCUT2D eigenvalue weighted by atomic mass is 9.97. The van der Waals surface area contributed by atoms with Crippen molar-refractivity contribution in [3.05, 3.63) is 60.4 Å². The van der Waals surface area contributed by atoms with Crippen LogP contribution in [-0.4, -0.2) is 43.2 Å². The van der Waals surface area contributed by atoms with Crippen molar-refractivity contribution in [2.75, 3.05) is 36.4 Å². The van der Waals surface area contributed by atoms with Gasteiger partial charge in [0.25, 0.3) is 0 Å². The van der Waals surface area contributed by atoms with Gasteiger partial charge in [0.15, 0.2) is 0 Å². The molecule has 138 valence electrons. The summed E-state index contributed by atoms with van der Waals surface area (Å²) in [4.78, 5) is 5.08. The Balaban J connectivity index is 1.30. The van der Waals surface area contributed by atoms with Gasteiger partial charge in [-0.1, -0.05) is 18.2 Å². The lowest BCUT2D eigenvalue weighted by molar-refractivity contribution is 0.134. The molecule has 2 aliphatic rings. The van der Waals surface area contributed by atoms with Crippen molar-refractivity contribution >= 4 is 11.4 Å². The predicted molar refractivity (Wildman–Crippen MR) is 106 cm³/mol. The molecule has 0 spiro atoms. The van der Waals surface area contributed by atoms with Crippen LogP contribution in [0.15, 0.2) is 54.6 Å². The van der Waals surface area contributed by atoms with E-state index in [0.29, 0.717) is 12.1 Å². The Kier molecular flexibility index (Phi) is 5.40. The van der Waals surface area contributed by atoms with E-state index in [9.17, 15) is 4.39 Å². The first-order valence-electron chi connectivity index (χ1n) is 9.84. The van der Waals surface area contributed by atoms with Gasteiger partial charge in [0, 0.05) is 43.1 Å². The summed E-state index contributed by atoms with van der Waals surface area (Å²) in [7, 11) is 0. The van der Waals surface area contributed by atoms with Crippen LogP contribution in [0.2, 0.25) is 0 Å². The summed E-state index contributed by atoms with van der Waals surface area (Å²) < 4.78 is 13.1. The smallest absolute Gasteiger partial charge is 0.123 e. The average Bonchev–Trinajstić information content (AvgIpc) is 2.70. The fraction of sp³-hybridized carbons (Fsp3) is 0.455. The van der Waals surface area contributed by atoms with Crippen LogP contribution in [0.1, 0.15) is 25.7 Å². The molecular weight excluding hydrogens is 325 g/mol. The maximum atomic E-state index is 13.1. The van der Waals surface area contributed by atoms with Gasteiger partial charge in [0.1, 0.15) is 5.82 Å². The van der Waals surface area contributed by atoms with Gasteiger partial charge in [-0.15, -0.1) is 0 Å². The van der Waals surface area contributed by atoms with Crippen LogP contribution < -0.4 is 10.2 Å². The van der Waals surface area contributed by atoms with Gasteiger partial charge in [-0.2, -0.15) is 0 Å². The van der Waals surface area contributed by atoms with Crippen molar-refractivity contribution in [2.45, 2.75) is 37.8 Å². The molecule has 26 heavy (non-hydrogen) atoms. The van der Waals surface area contributed by atoms with Crippen LogP contribution in [0.5, 0.6) is 0 Å². The summed E-state index contributed by atoms with van der Waals surface area (Å²) in [6.07, 6.45) is 4.90. The van der Waals surface area contributed by atoms with E-state index >= 15 is 0 Å². The van der Waals surface area contributed by atoms with E-state index in [1.807, 2.05) is 12.1 Å². The maximum Gasteiger partial charge on any atom is 0.123 e. The molecule has 1 atom stereocenters. The molecule has 0 amide bonds. The van der Waals surface area contributed by atoms with E-state index < -0.39 is 0 Å². The Morgan fingerprint density at radius 1 is 0.846 bits per heavy atom. The Morgan fingerprint density at radius 3 is 2.31 bits per heavy atom. The first-order valence-corrected chi connectivity index (χ1v) is 9.84. The van der Waals surface area contributed by atoms with E-state index in [1.54, 1.807) is 12.1 Å². The molecule has 0 aromatic heterocycles. The van der Waals surface area contributed by atoms with Crippen LogP contribution in [0, 0.1) is 5.82 Å². The minimum atomic E-state index is -0.158. The first-order chi connectivity index (χ1) is 12.8. The van der Waals surface area contributed by atoms with Gasteiger partial charge in [0.05, 0.1) is 0 Å². The van der Waals surface area contributed by atoms with E-state index in [1.165, 1.54) is 37.9 Å². The largest absolute Gasteiger partial charge is 0.381 e. The molecule has 1 N–H and O–H groups in total. The van der Waals surface area contributed by atoms with Gasteiger partial charge >= 0.3 is 0 Å². The van der Waals surface area contributed by atoms with Crippen LogP contribution >= 0.6 is 0 Å². The van der Waals surface area contributed by atoms with E-state index in [0.717, 1.165) is 25.3 Å². The number of piperidine rings is 2. The molecule has 0 saturated carbocycles. The minimum Gasteiger partial charge on any atom is -0.381 e. The molecule has 2 saturated heterocycles. The third-order valence-electron chi connectivity index (χ3n) is 5.77. The zero-order chi connectivity index (χ0) is 17.8. The van der Waals surface area contributed by atoms with Crippen molar-refractivity contribution in [1.29, 1.82) is 0 Å². The van der Waals surface area contributed by atoms with Crippen LogP contribution in [-0.2, 0) is 0 Å². The Morgan fingerprint density at radius 2 is 1.58 bits per heavy atom. The summed E-state index contributed by atoms with van der Waals surface area (Å²) in [6, 6.07) is 18.7. The summed E-state index contributed by atoms with van der Waals surface area (Å²) in [5.74, 6) is -0.158. The first kappa shape index (κ1) is 17.3. The molecule has 0 radical (unpaired) electrons. The number of nitrogens with one attached hydrogen (secondary N) is 1. The number of nitrogens with zero attached hydrogens (tertiary/aromatic N) is 2. The molecule has 2 fully saturated rings. The molecule has 0 bridgehead atoms. The van der Waals surface area contributed by atoms with Gasteiger partial charge in [-0.25, -0.2) is 4.39 Å². The van der Waals surface area contributed by atoms with Crippen LogP contribution in [0.3, 0.4) is 0 Å². The van der Waals surface area contributed by atoms with E-state index in [4.69, 9.17) is 0 Å². The molecule has 0 unspecified atom stereocenters. The number of para-hydroxylation sites is 1. The van der Waals surface area contributed by atoms with Crippen molar-refractivity contribution in [3.63, 3.8) is 0 Å². The Hall–Kier alpha value is -2.07. The number of hydrogen-bond donors (Lipinski definition) is 1. The monoisotopic (exact) mass is 353 g/mol. The second-order valence-corrected chi connectivity index (χ2v) is 7.54. The maximum absolute atomic E-state index is 13.1. The average molecular weight is 353 g/mol. The fourth-order valence-electron chi connectivity index (χ4n) is 4.37.